The van der Waals surface area contributed by atoms with Gasteiger partial charge in [-0.15, -0.1) is 0 Å². The van der Waals surface area contributed by atoms with Gasteiger partial charge in [-0.25, -0.2) is 9.59 Å². The summed E-state index contributed by atoms with van der Waals surface area (Å²) in [5, 5.41) is 0.765. The van der Waals surface area contributed by atoms with Gasteiger partial charge in [-0.05, 0) is 44.0 Å². The van der Waals surface area contributed by atoms with Crippen molar-refractivity contribution in [3.63, 3.8) is 0 Å². The number of hydrogen-bond acceptors (Lipinski definition) is 5. The van der Waals surface area contributed by atoms with Gasteiger partial charge in [-0.2, -0.15) is 0 Å². The van der Waals surface area contributed by atoms with Crippen molar-refractivity contribution in [2.45, 2.75) is 27.4 Å². The van der Waals surface area contributed by atoms with Crippen LogP contribution in [0.5, 0.6) is 5.75 Å². The third kappa shape index (κ3) is 4.31. The van der Waals surface area contributed by atoms with Crippen LogP contribution in [0, 0.1) is 13.8 Å². The Hall–Kier alpha value is -3.34. The minimum atomic E-state index is -0.503. The zero-order chi connectivity index (χ0) is 20.1. The minimum Gasteiger partial charge on any atom is -0.493 e. The predicted octanol–water partition coefficient (Wildman–Crippen LogP) is 4.57. The van der Waals surface area contributed by atoms with E-state index in [4.69, 9.17) is 13.9 Å². The standard InChI is InChI=1S/C23H22O5/c1-4-26-20-8-6-5-7-17(20)10-12-21(24)27-14-18-13-22(25)28-23-16(3)15(2)9-11-19(18)23/h5-13H,4,14H2,1-3H3/b12-10+. The molecule has 5 heteroatoms. The van der Waals surface area contributed by atoms with Crippen LogP contribution in [-0.4, -0.2) is 12.6 Å². The number of fused-ring (bicyclic) bond motifs is 1. The number of rotatable bonds is 6. The molecule has 5 nitrogen and oxygen atoms in total. The van der Waals surface area contributed by atoms with Gasteiger partial charge in [0, 0.05) is 28.7 Å². The molecule has 0 aliphatic heterocycles. The molecule has 0 bridgehead atoms. The van der Waals surface area contributed by atoms with Crippen molar-refractivity contribution in [3.8, 4) is 5.75 Å². The number of esters is 1. The first-order valence-corrected chi connectivity index (χ1v) is 9.09. The average Bonchev–Trinajstić information content (AvgIpc) is 2.69. The number of hydrogen-bond donors (Lipinski definition) is 0. The highest BCUT2D eigenvalue weighted by Crippen LogP contribution is 2.24. The quantitative estimate of drug-likeness (QED) is 0.357. The Labute approximate surface area is 163 Å². The largest absolute Gasteiger partial charge is 0.493 e. The van der Waals surface area contributed by atoms with Crippen LogP contribution in [0.4, 0.5) is 0 Å². The lowest BCUT2D eigenvalue weighted by Crippen LogP contribution is -2.06. The van der Waals surface area contributed by atoms with Crippen molar-refractivity contribution in [1.29, 1.82) is 0 Å². The van der Waals surface area contributed by atoms with Crippen LogP contribution in [0.25, 0.3) is 17.0 Å². The van der Waals surface area contributed by atoms with Crippen LogP contribution >= 0.6 is 0 Å². The molecule has 3 aromatic rings. The SMILES string of the molecule is CCOc1ccccc1/C=C/C(=O)OCc1cc(=O)oc2c(C)c(C)ccc12. The molecule has 0 atom stereocenters. The summed E-state index contributed by atoms with van der Waals surface area (Å²) in [6.45, 7) is 6.28. The maximum atomic E-state index is 12.1. The van der Waals surface area contributed by atoms with E-state index < -0.39 is 11.6 Å². The maximum absolute atomic E-state index is 12.1. The van der Waals surface area contributed by atoms with Crippen LogP contribution in [0.3, 0.4) is 0 Å². The average molecular weight is 378 g/mol. The zero-order valence-corrected chi connectivity index (χ0v) is 16.2. The van der Waals surface area contributed by atoms with Crippen molar-refractivity contribution in [2.75, 3.05) is 6.61 Å². The fraction of sp³-hybridized carbons (Fsp3) is 0.217. The number of para-hydroxylation sites is 1. The van der Waals surface area contributed by atoms with Gasteiger partial charge in [-0.3, -0.25) is 0 Å². The molecule has 28 heavy (non-hydrogen) atoms. The first-order valence-electron chi connectivity index (χ1n) is 9.09. The van der Waals surface area contributed by atoms with E-state index in [9.17, 15) is 9.59 Å². The van der Waals surface area contributed by atoms with Crippen molar-refractivity contribution in [2.24, 2.45) is 0 Å². The van der Waals surface area contributed by atoms with Crippen molar-refractivity contribution >= 4 is 23.0 Å². The van der Waals surface area contributed by atoms with Gasteiger partial charge in [0.05, 0.1) is 6.61 Å². The fourth-order valence-corrected chi connectivity index (χ4v) is 2.90. The Balaban J connectivity index is 1.77. The molecule has 0 amide bonds. The van der Waals surface area contributed by atoms with Gasteiger partial charge in [0.2, 0.25) is 0 Å². The van der Waals surface area contributed by atoms with Gasteiger partial charge in [0.25, 0.3) is 0 Å². The summed E-state index contributed by atoms with van der Waals surface area (Å²) in [6.07, 6.45) is 3.00. The van der Waals surface area contributed by atoms with Gasteiger partial charge in [0.1, 0.15) is 17.9 Å². The molecule has 0 unspecified atom stereocenters. The Morgan fingerprint density at radius 3 is 2.71 bits per heavy atom. The Bertz CT molecular complexity index is 1090. The molecule has 0 fully saturated rings. The lowest BCUT2D eigenvalue weighted by molar-refractivity contribution is -0.138. The van der Waals surface area contributed by atoms with E-state index in [1.165, 1.54) is 12.1 Å². The predicted molar refractivity (Wildman–Crippen MR) is 108 cm³/mol. The van der Waals surface area contributed by atoms with Gasteiger partial charge >= 0.3 is 11.6 Å². The van der Waals surface area contributed by atoms with Crippen LogP contribution in [0.15, 0.2) is 57.8 Å². The second-order valence-corrected chi connectivity index (χ2v) is 6.39. The smallest absolute Gasteiger partial charge is 0.336 e. The Morgan fingerprint density at radius 1 is 1.14 bits per heavy atom. The zero-order valence-electron chi connectivity index (χ0n) is 16.2. The normalized spacial score (nSPS) is 11.1. The summed E-state index contributed by atoms with van der Waals surface area (Å²) < 4.78 is 16.2. The van der Waals surface area contributed by atoms with E-state index in [1.807, 2.05) is 57.2 Å². The first-order chi connectivity index (χ1) is 13.5. The molecule has 0 saturated carbocycles. The van der Waals surface area contributed by atoms with E-state index in [0.29, 0.717) is 23.5 Å². The van der Waals surface area contributed by atoms with Gasteiger partial charge in [0.15, 0.2) is 0 Å². The molecule has 0 aliphatic rings. The summed E-state index contributed by atoms with van der Waals surface area (Å²) in [6, 6.07) is 12.6. The third-order valence-corrected chi connectivity index (χ3v) is 4.51. The van der Waals surface area contributed by atoms with E-state index in [0.717, 1.165) is 22.1 Å². The molecular weight excluding hydrogens is 356 g/mol. The summed E-state index contributed by atoms with van der Waals surface area (Å²) >= 11 is 0. The van der Waals surface area contributed by atoms with Crippen molar-refractivity contribution < 1.29 is 18.7 Å². The van der Waals surface area contributed by atoms with E-state index in [2.05, 4.69) is 0 Å². The Morgan fingerprint density at radius 2 is 1.93 bits per heavy atom. The molecule has 0 N–H and O–H groups in total. The molecule has 2 aromatic carbocycles. The molecule has 1 heterocycles. The van der Waals surface area contributed by atoms with Crippen LogP contribution in [0.1, 0.15) is 29.2 Å². The molecule has 0 aliphatic carbocycles. The van der Waals surface area contributed by atoms with E-state index >= 15 is 0 Å². The highest BCUT2D eigenvalue weighted by molar-refractivity contribution is 5.88. The van der Waals surface area contributed by atoms with Gasteiger partial charge < -0.3 is 13.9 Å². The second-order valence-electron chi connectivity index (χ2n) is 6.39. The number of ether oxygens (including phenoxy) is 2. The molecular formula is C23H22O5. The summed E-state index contributed by atoms with van der Waals surface area (Å²) in [5.41, 5.74) is 3.40. The van der Waals surface area contributed by atoms with Crippen LogP contribution < -0.4 is 10.4 Å². The van der Waals surface area contributed by atoms with Crippen LogP contribution in [-0.2, 0) is 16.1 Å². The number of carbonyl (C=O) groups is 1. The lowest BCUT2D eigenvalue weighted by atomic mass is 10.0. The maximum Gasteiger partial charge on any atom is 0.336 e. The molecule has 144 valence electrons. The highest BCUT2D eigenvalue weighted by Gasteiger charge is 2.11. The first kappa shape index (κ1) is 19.4. The van der Waals surface area contributed by atoms with E-state index in [1.54, 1.807) is 6.08 Å². The monoisotopic (exact) mass is 378 g/mol. The lowest BCUT2D eigenvalue weighted by Gasteiger charge is -2.09. The van der Waals surface area contributed by atoms with Crippen molar-refractivity contribution in [3.05, 3.63) is 81.2 Å². The molecule has 0 radical (unpaired) electrons. The van der Waals surface area contributed by atoms with Crippen molar-refractivity contribution in [1.82, 2.24) is 0 Å². The summed E-state index contributed by atoms with van der Waals surface area (Å²) in [7, 11) is 0. The molecule has 0 spiro atoms. The number of aryl methyl sites for hydroxylation is 2. The van der Waals surface area contributed by atoms with Gasteiger partial charge in [-0.1, -0.05) is 30.3 Å². The molecule has 3 rings (SSSR count). The highest BCUT2D eigenvalue weighted by atomic mass is 16.5. The second kappa shape index (κ2) is 8.57. The third-order valence-electron chi connectivity index (χ3n) is 4.51. The number of benzene rings is 2. The minimum absolute atomic E-state index is 0.0130. The Kier molecular flexibility index (Phi) is 5.94. The number of carbonyl (C=O) groups excluding carboxylic acids is 1. The molecule has 1 aromatic heterocycles. The summed E-state index contributed by atoms with van der Waals surface area (Å²) in [4.78, 5) is 24.0. The summed E-state index contributed by atoms with van der Waals surface area (Å²) in [5.74, 6) is 0.197. The fourth-order valence-electron chi connectivity index (χ4n) is 2.90. The van der Waals surface area contributed by atoms with Crippen LogP contribution in [0.2, 0.25) is 0 Å². The molecule has 0 saturated heterocycles. The van der Waals surface area contributed by atoms with E-state index in [-0.39, 0.29) is 6.61 Å². The topological polar surface area (TPSA) is 65.7 Å².